The summed E-state index contributed by atoms with van der Waals surface area (Å²) in [7, 11) is 0. The second kappa shape index (κ2) is 5.80. The first kappa shape index (κ1) is 12.8. The van der Waals surface area contributed by atoms with Crippen molar-refractivity contribution in [3.05, 3.63) is 50.4 Å². The zero-order valence-corrected chi connectivity index (χ0v) is 11.2. The van der Waals surface area contributed by atoms with Gasteiger partial charge >= 0.3 is 0 Å². The molecule has 3 N–H and O–H groups in total. The van der Waals surface area contributed by atoms with Gasteiger partial charge in [-0.3, -0.25) is 16.3 Å². The summed E-state index contributed by atoms with van der Waals surface area (Å²) in [6, 6.07) is 5.29. The second-order valence-corrected chi connectivity index (χ2v) is 5.37. The Balaban J connectivity index is 2.25. The van der Waals surface area contributed by atoms with Crippen molar-refractivity contribution < 1.29 is 0 Å². The maximum Gasteiger partial charge on any atom is 0.0794 e. The smallest absolute Gasteiger partial charge is 0.0794 e. The van der Waals surface area contributed by atoms with E-state index in [2.05, 4.69) is 10.4 Å². The van der Waals surface area contributed by atoms with Gasteiger partial charge in [0.05, 0.1) is 11.6 Å². The van der Waals surface area contributed by atoms with Gasteiger partial charge in [-0.1, -0.05) is 23.2 Å². The molecule has 0 bridgehead atoms. The standard InChI is InChI=1S/C11H11Cl2N3S/c12-7-1-2-10(13)9(3-7)11(16-14)4-8-5-15-6-17-8/h1-3,5-6,11,16H,4,14H2. The Kier molecular flexibility index (Phi) is 4.36. The van der Waals surface area contributed by atoms with Crippen molar-refractivity contribution in [2.45, 2.75) is 12.5 Å². The fraction of sp³-hybridized carbons (Fsp3) is 0.182. The van der Waals surface area contributed by atoms with Gasteiger partial charge in [-0.15, -0.1) is 11.3 Å². The molecule has 0 aliphatic carbocycles. The molecule has 0 saturated heterocycles. The number of benzene rings is 1. The lowest BCUT2D eigenvalue weighted by Crippen LogP contribution is -2.29. The Morgan fingerprint density at radius 3 is 2.88 bits per heavy atom. The van der Waals surface area contributed by atoms with E-state index in [9.17, 15) is 0 Å². The number of rotatable bonds is 4. The number of hydrazine groups is 1. The summed E-state index contributed by atoms with van der Waals surface area (Å²) in [4.78, 5) is 5.18. The Labute approximate surface area is 114 Å². The Bertz CT molecular complexity index is 487. The minimum Gasteiger partial charge on any atom is -0.271 e. The molecule has 2 rings (SSSR count). The predicted octanol–water partition coefficient (Wildman–Crippen LogP) is 3.20. The van der Waals surface area contributed by atoms with Gasteiger partial charge in [0.15, 0.2) is 0 Å². The summed E-state index contributed by atoms with van der Waals surface area (Å²) in [5.41, 5.74) is 5.45. The van der Waals surface area contributed by atoms with Crippen LogP contribution in [0.1, 0.15) is 16.5 Å². The van der Waals surface area contributed by atoms with Crippen LogP contribution >= 0.6 is 34.5 Å². The van der Waals surface area contributed by atoms with E-state index in [1.165, 1.54) is 0 Å². The third kappa shape index (κ3) is 3.18. The highest BCUT2D eigenvalue weighted by Crippen LogP contribution is 2.28. The summed E-state index contributed by atoms with van der Waals surface area (Å²) in [5, 5.41) is 1.30. The van der Waals surface area contributed by atoms with Crippen molar-refractivity contribution in [2.75, 3.05) is 0 Å². The topological polar surface area (TPSA) is 50.9 Å². The Morgan fingerprint density at radius 1 is 1.41 bits per heavy atom. The van der Waals surface area contributed by atoms with Crippen LogP contribution in [0.5, 0.6) is 0 Å². The summed E-state index contributed by atoms with van der Waals surface area (Å²) < 4.78 is 0. The van der Waals surface area contributed by atoms with Crippen LogP contribution in [-0.2, 0) is 6.42 Å². The molecular weight excluding hydrogens is 277 g/mol. The van der Waals surface area contributed by atoms with Crippen LogP contribution in [0, 0.1) is 0 Å². The molecule has 0 radical (unpaired) electrons. The lowest BCUT2D eigenvalue weighted by molar-refractivity contribution is 0.555. The molecule has 0 spiro atoms. The third-order valence-corrected chi connectivity index (χ3v) is 3.80. The molecule has 0 aliphatic rings. The molecule has 1 aromatic carbocycles. The van der Waals surface area contributed by atoms with E-state index in [0.717, 1.165) is 16.9 Å². The largest absolute Gasteiger partial charge is 0.271 e. The van der Waals surface area contributed by atoms with E-state index in [-0.39, 0.29) is 6.04 Å². The molecule has 1 unspecified atom stereocenters. The molecule has 17 heavy (non-hydrogen) atoms. The fourth-order valence-electron chi connectivity index (χ4n) is 1.58. The van der Waals surface area contributed by atoms with E-state index in [4.69, 9.17) is 29.0 Å². The maximum absolute atomic E-state index is 6.14. The molecule has 1 heterocycles. The van der Waals surface area contributed by atoms with E-state index < -0.39 is 0 Å². The molecule has 2 aromatic rings. The van der Waals surface area contributed by atoms with Crippen LogP contribution < -0.4 is 11.3 Å². The average molecular weight is 288 g/mol. The fourth-order valence-corrected chi connectivity index (χ4v) is 2.66. The molecular formula is C11H11Cl2N3S. The SMILES string of the molecule is NNC(Cc1cncs1)c1cc(Cl)ccc1Cl. The maximum atomic E-state index is 6.14. The lowest BCUT2D eigenvalue weighted by Gasteiger charge is -2.17. The molecule has 1 aromatic heterocycles. The second-order valence-electron chi connectivity index (χ2n) is 3.56. The zero-order valence-electron chi connectivity index (χ0n) is 8.86. The quantitative estimate of drug-likeness (QED) is 0.671. The Morgan fingerprint density at radius 2 is 2.24 bits per heavy atom. The van der Waals surface area contributed by atoms with E-state index in [0.29, 0.717) is 10.0 Å². The minimum atomic E-state index is -0.0679. The van der Waals surface area contributed by atoms with Crippen molar-refractivity contribution in [2.24, 2.45) is 5.84 Å². The molecule has 6 heteroatoms. The number of aromatic nitrogens is 1. The molecule has 3 nitrogen and oxygen atoms in total. The van der Waals surface area contributed by atoms with Crippen LogP contribution in [-0.4, -0.2) is 4.98 Å². The minimum absolute atomic E-state index is 0.0679. The normalized spacial score (nSPS) is 12.6. The highest BCUT2D eigenvalue weighted by atomic mass is 35.5. The number of hydrogen-bond donors (Lipinski definition) is 2. The summed E-state index contributed by atoms with van der Waals surface area (Å²) >= 11 is 13.7. The van der Waals surface area contributed by atoms with Crippen molar-refractivity contribution in [3.63, 3.8) is 0 Å². The van der Waals surface area contributed by atoms with Crippen molar-refractivity contribution in [1.82, 2.24) is 10.4 Å². The van der Waals surface area contributed by atoms with Gasteiger partial charge in [-0.25, -0.2) is 0 Å². The molecule has 1 atom stereocenters. The van der Waals surface area contributed by atoms with Gasteiger partial charge in [0.25, 0.3) is 0 Å². The van der Waals surface area contributed by atoms with E-state index in [1.807, 2.05) is 12.3 Å². The predicted molar refractivity (Wildman–Crippen MR) is 72.3 cm³/mol. The van der Waals surface area contributed by atoms with Gasteiger partial charge in [-0.2, -0.15) is 0 Å². The summed E-state index contributed by atoms with van der Waals surface area (Å²) in [6.45, 7) is 0. The summed E-state index contributed by atoms with van der Waals surface area (Å²) in [5.74, 6) is 5.57. The highest BCUT2D eigenvalue weighted by molar-refractivity contribution is 7.09. The number of thiazole rings is 1. The number of nitrogens with zero attached hydrogens (tertiary/aromatic N) is 1. The van der Waals surface area contributed by atoms with E-state index in [1.54, 1.807) is 29.0 Å². The first-order valence-electron chi connectivity index (χ1n) is 4.99. The number of hydrogen-bond acceptors (Lipinski definition) is 4. The van der Waals surface area contributed by atoms with Gasteiger partial charge in [-0.05, 0) is 23.8 Å². The van der Waals surface area contributed by atoms with E-state index >= 15 is 0 Å². The van der Waals surface area contributed by atoms with Gasteiger partial charge < -0.3 is 0 Å². The molecule has 0 aliphatic heterocycles. The third-order valence-electron chi connectivity index (χ3n) is 2.42. The van der Waals surface area contributed by atoms with Crippen molar-refractivity contribution >= 4 is 34.5 Å². The lowest BCUT2D eigenvalue weighted by atomic mass is 10.0. The van der Waals surface area contributed by atoms with Gasteiger partial charge in [0.1, 0.15) is 0 Å². The van der Waals surface area contributed by atoms with Gasteiger partial charge in [0, 0.05) is 27.5 Å². The van der Waals surface area contributed by atoms with Crippen LogP contribution in [0.25, 0.3) is 0 Å². The number of nitrogens with two attached hydrogens (primary N) is 1. The number of halogens is 2. The first-order chi connectivity index (χ1) is 8.20. The van der Waals surface area contributed by atoms with Crippen molar-refractivity contribution in [3.8, 4) is 0 Å². The van der Waals surface area contributed by atoms with Crippen molar-refractivity contribution in [1.29, 1.82) is 0 Å². The van der Waals surface area contributed by atoms with Gasteiger partial charge in [0.2, 0.25) is 0 Å². The summed E-state index contributed by atoms with van der Waals surface area (Å²) in [6.07, 6.45) is 2.56. The zero-order chi connectivity index (χ0) is 12.3. The molecule has 0 saturated carbocycles. The van der Waals surface area contributed by atoms with Crippen LogP contribution in [0.4, 0.5) is 0 Å². The Hall–Kier alpha value is -0.650. The molecule has 90 valence electrons. The van der Waals surface area contributed by atoms with Crippen LogP contribution in [0.2, 0.25) is 10.0 Å². The average Bonchev–Trinajstić information content (AvgIpc) is 2.82. The van der Waals surface area contributed by atoms with Crippen LogP contribution in [0.15, 0.2) is 29.9 Å². The van der Waals surface area contributed by atoms with Crippen LogP contribution in [0.3, 0.4) is 0 Å². The molecule has 0 fully saturated rings. The first-order valence-corrected chi connectivity index (χ1v) is 6.62. The molecule has 0 amide bonds. The highest BCUT2D eigenvalue weighted by Gasteiger charge is 2.15. The number of nitrogens with one attached hydrogen (secondary N) is 1. The monoisotopic (exact) mass is 287 g/mol.